The second-order valence-corrected chi connectivity index (χ2v) is 7.10. The van der Waals surface area contributed by atoms with Crippen molar-refractivity contribution in [3.8, 4) is 0 Å². The zero-order valence-corrected chi connectivity index (χ0v) is 15.9. The molecule has 0 aromatic heterocycles. The van der Waals surface area contributed by atoms with Gasteiger partial charge in [0.05, 0.1) is 19.6 Å². The van der Waals surface area contributed by atoms with Crippen LogP contribution in [-0.4, -0.2) is 37.7 Å². The first-order valence-corrected chi connectivity index (χ1v) is 8.80. The number of hydrogen-bond acceptors (Lipinski definition) is 4. The Morgan fingerprint density at radius 2 is 1.80 bits per heavy atom. The first-order valence-electron chi connectivity index (χ1n) is 8.80. The molecule has 0 heterocycles. The van der Waals surface area contributed by atoms with Crippen LogP contribution in [0, 0.1) is 20.8 Å². The van der Waals surface area contributed by atoms with E-state index in [0.29, 0.717) is 12.8 Å². The molecule has 2 rings (SSSR count). The number of aryl methyl sites for hydroxylation is 2. The van der Waals surface area contributed by atoms with Gasteiger partial charge in [-0.25, -0.2) is 4.79 Å². The quantitative estimate of drug-likeness (QED) is 0.832. The van der Waals surface area contributed by atoms with Gasteiger partial charge in [0.25, 0.3) is 0 Å². The normalized spacial score (nSPS) is 23.2. The van der Waals surface area contributed by atoms with Gasteiger partial charge < -0.3 is 14.8 Å². The van der Waals surface area contributed by atoms with Crippen molar-refractivity contribution in [1.82, 2.24) is 5.32 Å². The van der Waals surface area contributed by atoms with Crippen LogP contribution in [0.5, 0.6) is 0 Å². The summed E-state index contributed by atoms with van der Waals surface area (Å²) in [4.78, 5) is 25.1. The van der Waals surface area contributed by atoms with Crippen molar-refractivity contribution in [3.05, 3.63) is 34.4 Å². The van der Waals surface area contributed by atoms with Crippen LogP contribution in [0.15, 0.2) is 12.1 Å². The van der Waals surface area contributed by atoms with E-state index in [1.165, 1.54) is 12.7 Å². The molecule has 5 heteroatoms. The number of methoxy groups -OCH3 is 2. The number of carbonyl (C=O) groups is 2. The Bertz CT molecular complexity index is 645. The molecule has 1 saturated carbocycles. The SMILES string of the molecule is COC(=O)C1(NC(=O)Cc2cc(C)cc(C)c2C)CCC(OC)CC1. The van der Waals surface area contributed by atoms with E-state index in [1.54, 1.807) is 7.11 Å². The van der Waals surface area contributed by atoms with Gasteiger partial charge in [-0.05, 0) is 63.1 Å². The molecule has 0 atom stereocenters. The van der Waals surface area contributed by atoms with Crippen LogP contribution in [0.2, 0.25) is 0 Å². The van der Waals surface area contributed by atoms with Crippen LogP contribution in [0.25, 0.3) is 0 Å². The maximum Gasteiger partial charge on any atom is 0.331 e. The van der Waals surface area contributed by atoms with Gasteiger partial charge in [0.15, 0.2) is 0 Å². The number of hydrogen-bond donors (Lipinski definition) is 1. The molecule has 138 valence electrons. The van der Waals surface area contributed by atoms with E-state index in [4.69, 9.17) is 9.47 Å². The van der Waals surface area contributed by atoms with Gasteiger partial charge in [0.1, 0.15) is 5.54 Å². The zero-order valence-electron chi connectivity index (χ0n) is 15.9. The summed E-state index contributed by atoms with van der Waals surface area (Å²) >= 11 is 0. The van der Waals surface area contributed by atoms with Gasteiger partial charge in [0, 0.05) is 7.11 Å². The summed E-state index contributed by atoms with van der Waals surface area (Å²) in [6, 6.07) is 4.15. The number of nitrogens with one attached hydrogen (secondary N) is 1. The third-order valence-corrected chi connectivity index (χ3v) is 5.34. The fourth-order valence-corrected chi connectivity index (χ4v) is 3.69. The third-order valence-electron chi connectivity index (χ3n) is 5.34. The van der Waals surface area contributed by atoms with E-state index in [2.05, 4.69) is 11.4 Å². The molecule has 0 bridgehead atoms. The highest BCUT2D eigenvalue weighted by Gasteiger charge is 2.44. The average molecular weight is 347 g/mol. The second-order valence-electron chi connectivity index (χ2n) is 7.10. The number of ether oxygens (including phenoxy) is 2. The van der Waals surface area contributed by atoms with E-state index < -0.39 is 5.54 Å². The fraction of sp³-hybridized carbons (Fsp3) is 0.600. The highest BCUT2D eigenvalue weighted by molar-refractivity contribution is 5.89. The molecular formula is C20H29NO4. The molecular weight excluding hydrogens is 318 g/mol. The molecule has 1 amide bonds. The molecule has 0 spiro atoms. The first kappa shape index (κ1) is 19.4. The van der Waals surface area contributed by atoms with Crippen molar-refractivity contribution in [1.29, 1.82) is 0 Å². The minimum Gasteiger partial charge on any atom is -0.467 e. The monoisotopic (exact) mass is 347 g/mol. The summed E-state index contributed by atoms with van der Waals surface area (Å²) < 4.78 is 10.4. The number of benzene rings is 1. The van der Waals surface area contributed by atoms with Crippen LogP contribution in [0.1, 0.15) is 47.9 Å². The van der Waals surface area contributed by atoms with Crippen LogP contribution in [-0.2, 0) is 25.5 Å². The van der Waals surface area contributed by atoms with Crippen LogP contribution in [0.4, 0.5) is 0 Å². The number of esters is 1. The molecule has 1 aromatic carbocycles. The lowest BCUT2D eigenvalue weighted by molar-refractivity contribution is -0.153. The molecule has 1 aliphatic carbocycles. The average Bonchev–Trinajstić information content (AvgIpc) is 2.59. The van der Waals surface area contributed by atoms with Crippen molar-refractivity contribution in [2.45, 2.75) is 64.5 Å². The molecule has 5 nitrogen and oxygen atoms in total. The van der Waals surface area contributed by atoms with Crippen LogP contribution >= 0.6 is 0 Å². The molecule has 1 aliphatic rings. The lowest BCUT2D eigenvalue weighted by Gasteiger charge is -2.38. The van der Waals surface area contributed by atoms with Gasteiger partial charge in [-0.15, -0.1) is 0 Å². The summed E-state index contributed by atoms with van der Waals surface area (Å²) in [7, 11) is 3.05. The second kappa shape index (κ2) is 8.00. The van der Waals surface area contributed by atoms with Gasteiger partial charge in [-0.2, -0.15) is 0 Å². The van der Waals surface area contributed by atoms with Crippen molar-refractivity contribution < 1.29 is 19.1 Å². The van der Waals surface area contributed by atoms with Gasteiger partial charge in [0.2, 0.25) is 5.91 Å². The van der Waals surface area contributed by atoms with E-state index in [1.807, 2.05) is 26.8 Å². The lowest BCUT2D eigenvalue weighted by atomic mass is 9.80. The lowest BCUT2D eigenvalue weighted by Crippen LogP contribution is -2.57. The topological polar surface area (TPSA) is 64.6 Å². The molecule has 25 heavy (non-hydrogen) atoms. The Hall–Kier alpha value is -1.88. The van der Waals surface area contributed by atoms with Crippen LogP contribution in [0.3, 0.4) is 0 Å². The predicted molar refractivity (Wildman–Crippen MR) is 96.5 cm³/mol. The highest BCUT2D eigenvalue weighted by atomic mass is 16.5. The number of rotatable bonds is 5. The number of amides is 1. The fourth-order valence-electron chi connectivity index (χ4n) is 3.69. The van der Waals surface area contributed by atoms with E-state index >= 15 is 0 Å². The summed E-state index contributed by atoms with van der Waals surface area (Å²) in [6.45, 7) is 6.10. The Morgan fingerprint density at radius 3 is 2.36 bits per heavy atom. The number of carbonyl (C=O) groups excluding carboxylic acids is 2. The zero-order chi connectivity index (χ0) is 18.6. The third kappa shape index (κ3) is 4.40. The Balaban J connectivity index is 2.14. The maximum atomic E-state index is 12.7. The van der Waals surface area contributed by atoms with E-state index in [-0.39, 0.29) is 24.4 Å². The summed E-state index contributed by atoms with van der Waals surface area (Å²) in [5.74, 6) is -0.512. The molecule has 0 unspecified atom stereocenters. The van der Waals surface area contributed by atoms with Crippen molar-refractivity contribution in [2.75, 3.05) is 14.2 Å². The Labute approximate surface area is 150 Å². The van der Waals surface area contributed by atoms with Crippen molar-refractivity contribution in [2.24, 2.45) is 0 Å². The summed E-state index contributed by atoms with van der Waals surface area (Å²) in [6.07, 6.45) is 2.94. The maximum absolute atomic E-state index is 12.7. The minimum absolute atomic E-state index is 0.136. The molecule has 0 aliphatic heterocycles. The smallest absolute Gasteiger partial charge is 0.331 e. The van der Waals surface area contributed by atoms with Gasteiger partial charge in [-0.3, -0.25) is 4.79 Å². The largest absolute Gasteiger partial charge is 0.467 e. The van der Waals surface area contributed by atoms with E-state index in [0.717, 1.165) is 29.5 Å². The molecule has 1 aromatic rings. The first-order chi connectivity index (χ1) is 11.8. The summed E-state index contributed by atoms with van der Waals surface area (Å²) in [5.41, 5.74) is 3.49. The van der Waals surface area contributed by atoms with Crippen LogP contribution < -0.4 is 5.32 Å². The van der Waals surface area contributed by atoms with E-state index in [9.17, 15) is 9.59 Å². The molecule has 0 saturated heterocycles. The van der Waals surface area contributed by atoms with Gasteiger partial charge in [-0.1, -0.05) is 17.7 Å². The standard InChI is InChI=1S/C20H29NO4/c1-13-10-14(2)15(3)16(11-13)12-18(22)21-20(19(23)25-5)8-6-17(24-4)7-9-20/h10-11,17H,6-9,12H2,1-5H3,(H,21,22). The molecule has 1 N–H and O–H groups in total. The minimum atomic E-state index is -0.937. The Morgan fingerprint density at radius 1 is 1.16 bits per heavy atom. The predicted octanol–water partition coefficient (Wildman–Crippen LogP) is 2.77. The Kier molecular flexibility index (Phi) is 6.22. The van der Waals surface area contributed by atoms with Crippen molar-refractivity contribution >= 4 is 11.9 Å². The molecule has 0 radical (unpaired) electrons. The highest BCUT2D eigenvalue weighted by Crippen LogP contribution is 2.31. The van der Waals surface area contributed by atoms with Gasteiger partial charge >= 0.3 is 5.97 Å². The summed E-state index contributed by atoms with van der Waals surface area (Å²) in [5, 5.41) is 2.97. The molecule has 1 fully saturated rings. The van der Waals surface area contributed by atoms with Crippen molar-refractivity contribution in [3.63, 3.8) is 0 Å².